The van der Waals surface area contributed by atoms with Crippen LogP contribution >= 0.6 is 12.2 Å². The van der Waals surface area contributed by atoms with Crippen molar-refractivity contribution in [2.45, 2.75) is 6.42 Å². The summed E-state index contributed by atoms with van der Waals surface area (Å²) in [6, 6.07) is 8.43. The second-order valence-corrected chi connectivity index (χ2v) is 4.41. The highest BCUT2D eigenvalue weighted by atomic mass is 32.1. The van der Waals surface area contributed by atoms with Gasteiger partial charge in [0.15, 0.2) is 0 Å². The number of hydrogen-bond donors (Lipinski definition) is 3. The van der Waals surface area contributed by atoms with Gasteiger partial charge in [0.2, 0.25) is 5.91 Å². The van der Waals surface area contributed by atoms with E-state index in [9.17, 15) is 9.59 Å². The minimum absolute atomic E-state index is 0.00949. The van der Waals surface area contributed by atoms with Gasteiger partial charge in [-0.25, -0.2) is 4.79 Å². The van der Waals surface area contributed by atoms with Gasteiger partial charge in [0.05, 0.1) is 11.5 Å². The van der Waals surface area contributed by atoms with Gasteiger partial charge in [-0.15, -0.1) is 0 Å². The van der Waals surface area contributed by atoms with E-state index in [1.165, 1.54) is 0 Å². The summed E-state index contributed by atoms with van der Waals surface area (Å²) in [5.41, 5.74) is 11.2. The number of nitrogens with zero attached hydrogens (tertiary/aromatic N) is 1. The minimum Gasteiger partial charge on any atom is -0.393 e. The van der Waals surface area contributed by atoms with E-state index in [2.05, 4.69) is 0 Å². The van der Waals surface area contributed by atoms with Gasteiger partial charge in [-0.2, -0.15) is 0 Å². The molecule has 7 heteroatoms. The number of carbonyl (C=O) groups excluding carboxylic acids is 2. The number of rotatable bonds is 6. The second-order valence-electron chi connectivity index (χ2n) is 3.89. The highest BCUT2D eigenvalue weighted by molar-refractivity contribution is 7.80. The number of primary amides is 1. The molecule has 19 heavy (non-hydrogen) atoms. The molecule has 0 aromatic heterocycles. The van der Waals surface area contributed by atoms with E-state index in [0.717, 1.165) is 5.69 Å². The van der Waals surface area contributed by atoms with Gasteiger partial charge in [-0.1, -0.05) is 30.4 Å². The van der Waals surface area contributed by atoms with Crippen LogP contribution in [0.2, 0.25) is 0 Å². The molecule has 1 rings (SSSR count). The van der Waals surface area contributed by atoms with Gasteiger partial charge in [0.1, 0.15) is 0 Å². The molecule has 0 radical (unpaired) electrons. The largest absolute Gasteiger partial charge is 0.393 e. The van der Waals surface area contributed by atoms with Gasteiger partial charge < -0.3 is 16.4 Å². The summed E-state index contributed by atoms with van der Waals surface area (Å²) in [5.74, 6) is -0.473. The van der Waals surface area contributed by atoms with Crippen LogP contribution in [-0.4, -0.2) is 30.0 Å². The molecule has 5 N–H and O–H groups in total. The summed E-state index contributed by atoms with van der Waals surface area (Å²) in [7, 11) is 0. The lowest BCUT2D eigenvalue weighted by Crippen LogP contribution is -2.43. The van der Waals surface area contributed by atoms with Crippen LogP contribution in [0.25, 0.3) is 0 Å². The first-order valence-corrected chi connectivity index (χ1v) is 6.07. The minimum atomic E-state index is -0.868. The van der Waals surface area contributed by atoms with Crippen LogP contribution in [-0.2, 0) is 4.79 Å². The molecule has 0 spiro atoms. The molecule has 1 aromatic carbocycles. The Morgan fingerprint density at radius 1 is 1.21 bits per heavy atom. The Bertz CT molecular complexity index is 464. The Morgan fingerprint density at radius 2 is 1.84 bits per heavy atom. The Hall–Kier alpha value is -2.15. The lowest BCUT2D eigenvalue weighted by Gasteiger charge is -2.23. The molecule has 0 aliphatic heterocycles. The second kappa shape index (κ2) is 7.32. The van der Waals surface area contributed by atoms with Crippen molar-refractivity contribution < 1.29 is 9.59 Å². The molecule has 0 atom stereocenters. The zero-order chi connectivity index (χ0) is 14.3. The molecule has 6 nitrogen and oxygen atoms in total. The maximum atomic E-state index is 11.6. The molecular formula is C12H16N4O2S. The molecule has 0 aliphatic rings. The number of imide groups is 1. The lowest BCUT2D eigenvalue weighted by molar-refractivity contribution is -0.118. The molecule has 0 fully saturated rings. The van der Waals surface area contributed by atoms with Crippen molar-refractivity contribution in [3.63, 3.8) is 0 Å². The molecule has 1 aromatic rings. The van der Waals surface area contributed by atoms with Crippen molar-refractivity contribution in [3.8, 4) is 0 Å². The summed E-state index contributed by atoms with van der Waals surface area (Å²) in [4.78, 5) is 24.3. The number of carbonyl (C=O) groups is 2. The monoisotopic (exact) mass is 280 g/mol. The standard InChI is InChI=1S/C12H16N4O2S/c13-10(19)6-7-16(8-11(17)15-12(14)18)9-4-2-1-3-5-9/h1-5H,6-8H2,(H2,13,19)(H3,14,15,17,18). The van der Waals surface area contributed by atoms with Gasteiger partial charge in [0.25, 0.3) is 0 Å². The number of nitrogens with one attached hydrogen (secondary N) is 1. The summed E-state index contributed by atoms with van der Waals surface area (Å²) < 4.78 is 0. The molecule has 0 heterocycles. The molecule has 3 amide bonds. The number of benzene rings is 1. The van der Waals surface area contributed by atoms with Gasteiger partial charge in [0, 0.05) is 18.7 Å². The Balaban J connectivity index is 2.72. The highest BCUT2D eigenvalue weighted by Crippen LogP contribution is 2.13. The maximum absolute atomic E-state index is 11.6. The molecular weight excluding hydrogens is 264 g/mol. The van der Waals surface area contributed by atoms with Crippen molar-refractivity contribution in [2.75, 3.05) is 18.0 Å². The van der Waals surface area contributed by atoms with Crippen molar-refractivity contribution in [1.29, 1.82) is 0 Å². The smallest absolute Gasteiger partial charge is 0.318 e. The Labute approximate surface area is 116 Å². The van der Waals surface area contributed by atoms with E-state index in [1.54, 1.807) is 4.90 Å². The van der Waals surface area contributed by atoms with Crippen LogP contribution in [0, 0.1) is 0 Å². The fourth-order valence-electron chi connectivity index (χ4n) is 1.53. The van der Waals surface area contributed by atoms with Gasteiger partial charge in [-0.3, -0.25) is 10.1 Å². The number of anilines is 1. The van der Waals surface area contributed by atoms with Crippen LogP contribution < -0.4 is 21.7 Å². The SMILES string of the molecule is NC(=O)NC(=O)CN(CCC(N)=S)c1ccccc1. The van der Waals surface area contributed by atoms with Crippen molar-refractivity contribution >= 4 is 34.8 Å². The third kappa shape index (κ3) is 5.82. The number of nitrogens with two attached hydrogens (primary N) is 2. The van der Waals surface area contributed by atoms with Crippen LogP contribution in [0.1, 0.15) is 6.42 Å². The average Bonchev–Trinajstić information content (AvgIpc) is 2.34. The molecule has 0 bridgehead atoms. The van der Waals surface area contributed by atoms with E-state index in [0.29, 0.717) is 18.0 Å². The van der Waals surface area contributed by atoms with Crippen LogP contribution in [0.5, 0.6) is 0 Å². The van der Waals surface area contributed by atoms with Crippen molar-refractivity contribution in [3.05, 3.63) is 30.3 Å². The first kappa shape index (κ1) is 14.9. The van der Waals surface area contributed by atoms with Crippen LogP contribution in [0.4, 0.5) is 10.5 Å². The summed E-state index contributed by atoms with van der Waals surface area (Å²) >= 11 is 4.82. The van der Waals surface area contributed by atoms with E-state index in [-0.39, 0.29) is 6.54 Å². The van der Waals surface area contributed by atoms with Crippen LogP contribution in [0.3, 0.4) is 0 Å². The number of amides is 3. The first-order valence-electron chi connectivity index (χ1n) is 5.66. The van der Waals surface area contributed by atoms with Gasteiger partial charge >= 0.3 is 6.03 Å². The van der Waals surface area contributed by atoms with Gasteiger partial charge in [-0.05, 0) is 12.1 Å². The molecule has 0 unspecified atom stereocenters. The van der Waals surface area contributed by atoms with E-state index in [1.807, 2.05) is 35.6 Å². The Kier molecular flexibility index (Phi) is 5.74. The first-order chi connectivity index (χ1) is 8.99. The molecule has 0 aliphatic carbocycles. The fraction of sp³-hybridized carbons (Fsp3) is 0.250. The number of thiocarbonyl (C=S) groups is 1. The van der Waals surface area contributed by atoms with Crippen LogP contribution in [0.15, 0.2) is 30.3 Å². The van der Waals surface area contributed by atoms with Crippen molar-refractivity contribution in [1.82, 2.24) is 5.32 Å². The zero-order valence-corrected chi connectivity index (χ0v) is 11.2. The summed E-state index contributed by atoms with van der Waals surface area (Å²) in [6.07, 6.45) is 0.480. The normalized spacial score (nSPS) is 9.68. The third-order valence-electron chi connectivity index (χ3n) is 2.35. The average molecular weight is 280 g/mol. The fourth-order valence-corrected chi connectivity index (χ4v) is 1.62. The zero-order valence-electron chi connectivity index (χ0n) is 10.3. The molecule has 0 saturated heterocycles. The lowest BCUT2D eigenvalue weighted by atomic mass is 10.2. The molecule has 0 saturated carbocycles. The van der Waals surface area contributed by atoms with E-state index in [4.69, 9.17) is 23.7 Å². The number of urea groups is 1. The summed E-state index contributed by atoms with van der Waals surface area (Å²) in [5, 5.41) is 2.02. The predicted octanol–water partition coefficient (Wildman–Crippen LogP) is 0.364. The number of hydrogen-bond acceptors (Lipinski definition) is 4. The van der Waals surface area contributed by atoms with Crippen molar-refractivity contribution in [2.24, 2.45) is 11.5 Å². The van der Waals surface area contributed by atoms with E-state index < -0.39 is 11.9 Å². The maximum Gasteiger partial charge on any atom is 0.318 e. The topological polar surface area (TPSA) is 101 Å². The Morgan fingerprint density at radius 3 is 2.37 bits per heavy atom. The third-order valence-corrected chi connectivity index (χ3v) is 2.55. The quantitative estimate of drug-likeness (QED) is 0.653. The van der Waals surface area contributed by atoms with E-state index >= 15 is 0 Å². The summed E-state index contributed by atoms with van der Waals surface area (Å²) in [6.45, 7) is 0.501. The number of para-hydroxylation sites is 1. The highest BCUT2D eigenvalue weighted by Gasteiger charge is 2.12. The predicted molar refractivity (Wildman–Crippen MR) is 77.8 cm³/mol. The molecule has 102 valence electrons.